The molecular weight excluding hydrogens is 381 g/mol. The molecule has 0 bridgehead atoms. The molecular formula is C17H15Cl2N3O2S. The third-order valence-electron chi connectivity index (χ3n) is 3.59. The normalized spacial score (nSPS) is 11.0. The first kappa shape index (κ1) is 17.9. The lowest BCUT2D eigenvalue weighted by Crippen LogP contribution is -2.12. The summed E-state index contributed by atoms with van der Waals surface area (Å²) in [5.41, 5.74) is 8.79. The maximum absolute atomic E-state index is 12.7. The van der Waals surface area contributed by atoms with Gasteiger partial charge in [-0.15, -0.1) is 11.3 Å². The van der Waals surface area contributed by atoms with E-state index in [1.165, 1.54) is 11.3 Å². The average Bonchev–Trinajstić information content (AvgIpc) is 2.88. The molecule has 0 saturated heterocycles. The van der Waals surface area contributed by atoms with Gasteiger partial charge in [-0.2, -0.15) is 0 Å². The van der Waals surface area contributed by atoms with E-state index < -0.39 is 0 Å². The number of nitrogens with one attached hydrogen (secondary N) is 1. The SMILES string of the molecule is COCc1cc(C)nc2sc(C(=O)Nc3cc(Cl)ccc3Cl)c(N)c12. The van der Waals surface area contributed by atoms with Gasteiger partial charge in [-0.3, -0.25) is 4.79 Å². The highest BCUT2D eigenvalue weighted by Crippen LogP contribution is 2.36. The van der Waals surface area contributed by atoms with Gasteiger partial charge in [0.05, 0.1) is 23.0 Å². The largest absolute Gasteiger partial charge is 0.397 e. The number of nitrogens with zero attached hydrogens (tertiary/aromatic N) is 1. The number of benzene rings is 1. The number of fused-ring (bicyclic) bond motifs is 1. The molecule has 130 valence electrons. The molecule has 0 unspecified atom stereocenters. The van der Waals surface area contributed by atoms with Gasteiger partial charge in [0.25, 0.3) is 5.91 Å². The Labute approximate surface area is 158 Å². The number of anilines is 2. The predicted octanol–water partition coefficient (Wildman–Crippen LogP) is 4.89. The first-order chi connectivity index (χ1) is 11.9. The summed E-state index contributed by atoms with van der Waals surface area (Å²) in [5.74, 6) is -0.356. The molecule has 5 nitrogen and oxygen atoms in total. The minimum atomic E-state index is -0.356. The first-order valence-electron chi connectivity index (χ1n) is 7.34. The van der Waals surface area contributed by atoms with Gasteiger partial charge < -0.3 is 15.8 Å². The summed E-state index contributed by atoms with van der Waals surface area (Å²) in [4.78, 5) is 18.2. The highest BCUT2D eigenvalue weighted by molar-refractivity contribution is 7.21. The van der Waals surface area contributed by atoms with Crippen molar-refractivity contribution in [2.24, 2.45) is 0 Å². The number of carbonyl (C=O) groups is 1. The van der Waals surface area contributed by atoms with Crippen molar-refractivity contribution in [3.8, 4) is 0 Å². The summed E-state index contributed by atoms with van der Waals surface area (Å²) in [6, 6.07) is 6.76. The number of methoxy groups -OCH3 is 1. The van der Waals surface area contributed by atoms with Crippen LogP contribution in [0.2, 0.25) is 10.0 Å². The fourth-order valence-electron chi connectivity index (χ4n) is 2.55. The van der Waals surface area contributed by atoms with Gasteiger partial charge in [0, 0.05) is 23.2 Å². The number of rotatable bonds is 4. The van der Waals surface area contributed by atoms with Gasteiger partial charge >= 0.3 is 0 Å². The highest BCUT2D eigenvalue weighted by Gasteiger charge is 2.20. The van der Waals surface area contributed by atoms with E-state index >= 15 is 0 Å². The zero-order valence-corrected chi connectivity index (χ0v) is 15.9. The smallest absolute Gasteiger partial charge is 0.267 e. The number of nitrogen functional groups attached to an aromatic ring is 1. The predicted molar refractivity (Wildman–Crippen MR) is 104 cm³/mol. The minimum Gasteiger partial charge on any atom is -0.397 e. The number of pyridine rings is 1. The first-order valence-corrected chi connectivity index (χ1v) is 8.91. The van der Waals surface area contributed by atoms with Crippen molar-refractivity contribution in [2.75, 3.05) is 18.2 Å². The molecule has 0 atom stereocenters. The summed E-state index contributed by atoms with van der Waals surface area (Å²) in [6.07, 6.45) is 0. The molecule has 3 aromatic rings. The standard InChI is InChI=1S/C17H15Cl2N3O2S/c1-8-5-9(7-24-2)13-14(20)15(25-17(13)21-8)16(23)22-12-6-10(18)3-4-11(12)19/h3-6H,7,20H2,1-2H3,(H,22,23). The van der Waals surface area contributed by atoms with Crippen LogP contribution in [0.15, 0.2) is 24.3 Å². The monoisotopic (exact) mass is 395 g/mol. The molecule has 1 aromatic carbocycles. The number of aromatic nitrogens is 1. The summed E-state index contributed by atoms with van der Waals surface area (Å²) < 4.78 is 5.23. The van der Waals surface area contributed by atoms with Gasteiger partial charge in [0.1, 0.15) is 9.71 Å². The van der Waals surface area contributed by atoms with Crippen LogP contribution in [0.3, 0.4) is 0 Å². The summed E-state index contributed by atoms with van der Waals surface area (Å²) in [6.45, 7) is 2.28. The summed E-state index contributed by atoms with van der Waals surface area (Å²) >= 11 is 13.3. The quantitative estimate of drug-likeness (QED) is 0.658. The fourth-order valence-corrected chi connectivity index (χ4v) is 3.97. The number of ether oxygens (including phenoxy) is 1. The number of hydrogen-bond acceptors (Lipinski definition) is 5. The Kier molecular flexibility index (Phi) is 5.15. The Bertz CT molecular complexity index is 972. The van der Waals surface area contributed by atoms with Crippen molar-refractivity contribution in [1.29, 1.82) is 0 Å². The Balaban J connectivity index is 2.03. The Morgan fingerprint density at radius 1 is 1.36 bits per heavy atom. The second-order valence-corrected chi connectivity index (χ2v) is 7.30. The van der Waals surface area contributed by atoms with Gasteiger partial charge in [0.15, 0.2) is 0 Å². The Morgan fingerprint density at radius 3 is 2.84 bits per heavy atom. The minimum absolute atomic E-state index is 0.356. The average molecular weight is 396 g/mol. The third-order valence-corrected chi connectivity index (χ3v) is 5.25. The number of thiophene rings is 1. The number of nitrogens with two attached hydrogens (primary N) is 1. The van der Waals surface area contributed by atoms with Crippen LogP contribution in [0.5, 0.6) is 0 Å². The maximum Gasteiger partial charge on any atom is 0.267 e. The molecule has 2 heterocycles. The fraction of sp³-hybridized carbons (Fsp3) is 0.176. The lowest BCUT2D eigenvalue weighted by Gasteiger charge is -2.07. The van der Waals surface area contributed by atoms with Crippen molar-refractivity contribution in [3.05, 3.63) is 50.4 Å². The molecule has 25 heavy (non-hydrogen) atoms. The second kappa shape index (κ2) is 7.17. The van der Waals surface area contributed by atoms with Crippen molar-refractivity contribution in [2.45, 2.75) is 13.5 Å². The van der Waals surface area contributed by atoms with Gasteiger partial charge in [-0.05, 0) is 36.8 Å². The van der Waals surface area contributed by atoms with E-state index in [4.69, 9.17) is 33.7 Å². The third kappa shape index (κ3) is 3.57. The van der Waals surface area contributed by atoms with Gasteiger partial charge in [-0.1, -0.05) is 23.2 Å². The van der Waals surface area contributed by atoms with Gasteiger partial charge in [0.2, 0.25) is 0 Å². The lowest BCUT2D eigenvalue weighted by atomic mass is 10.1. The van der Waals surface area contributed by atoms with Crippen molar-refractivity contribution >= 4 is 62.0 Å². The van der Waals surface area contributed by atoms with E-state index in [0.717, 1.165) is 16.6 Å². The van der Waals surface area contributed by atoms with Crippen LogP contribution < -0.4 is 11.1 Å². The molecule has 0 fully saturated rings. The number of halogens is 2. The van der Waals surface area contributed by atoms with Crippen LogP contribution in [-0.2, 0) is 11.3 Å². The van der Waals surface area contributed by atoms with Crippen LogP contribution in [0.4, 0.5) is 11.4 Å². The summed E-state index contributed by atoms with van der Waals surface area (Å²) in [7, 11) is 1.61. The molecule has 1 amide bonds. The number of hydrogen-bond donors (Lipinski definition) is 2. The number of carbonyl (C=O) groups excluding carboxylic acids is 1. The van der Waals surface area contributed by atoms with E-state index in [1.807, 2.05) is 13.0 Å². The Hall–Kier alpha value is -1.86. The molecule has 0 aliphatic rings. The topological polar surface area (TPSA) is 77.2 Å². The second-order valence-electron chi connectivity index (χ2n) is 5.46. The molecule has 0 spiro atoms. The van der Waals surface area contributed by atoms with Crippen LogP contribution in [-0.4, -0.2) is 18.0 Å². The van der Waals surface area contributed by atoms with E-state index in [-0.39, 0.29) is 5.91 Å². The van der Waals surface area contributed by atoms with E-state index in [1.54, 1.807) is 25.3 Å². The number of amides is 1. The molecule has 8 heteroatoms. The molecule has 3 rings (SSSR count). The summed E-state index contributed by atoms with van der Waals surface area (Å²) in [5, 5.41) is 4.37. The Morgan fingerprint density at radius 2 is 2.12 bits per heavy atom. The molecule has 0 radical (unpaired) electrons. The van der Waals surface area contributed by atoms with Crippen molar-refractivity contribution < 1.29 is 9.53 Å². The van der Waals surface area contributed by atoms with Crippen LogP contribution in [0.25, 0.3) is 10.2 Å². The highest BCUT2D eigenvalue weighted by atomic mass is 35.5. The molecule has 0 saturated carbocycles. The van der Waals surface area contributed by atoms with E-state index in [2.05, 4.69) is 10.3 Å². The van der Waals surface area contributed by atoms with Crippen LogP contribution in [0, 0.1) is 6.92 Å². The maximum atomic E-state index is 12.7. The molecule has 0 aliphatic carbocycles. The zero-order chi connectivity index (χ0) is 18.1. The number of aryl methyl sites for hydroxylation is 1. The van der Waals surface area contributed by atoms with Crippen molar-refractivity contribution in [3.63, 3.8) is 0 Å². The molecule has 2 aromatic heterocycles. The van der Waals surface area contributed by atoms with Crippen LogP contribution in [0.1, 0.15) is 20.9 Å². The molecule has 0 aliphatic heterocycles. The zero-order valence-electron chi connectivity index (χ0n) is 13.5. The van der Waals surface area contributed by atoms with Crippen LogP contribution >= 0.6 is 34.5 Å². The van der Waals surface area contributed by atoms with E-state index in [0.29, 0.717) is 37.7 Å². The van der Waals surface area contributed by atoms with Gasteiger partial charge in [-0.25, -0.2) is 4.98 Å². The van der Waals surface area contributed by atoms with E-state index in [9.17, 15) is 4.79 Å². The van der Waals surface area contributed by atoms with Crippen molar-refractivity contribution in [1.82, 2.24) is 4.98 Å². The molecule has 3 N–H and O–H groups in total. The lowest BCUT2D eigenvalue weighted by molar-refractivity contribution is 0.103.